The molecule has 122 valence electrons. The number of sulfone groups is 1. The van der Waals surface area contributed by atoms with Gasteiger partial charge in [-0.1, -0.05) is 19.9 Å². The van der Waals surface area contributed by atoms with Crippen molar-refractivity contribution in [3.8, 4) is 0 Å². The van der Waals surface area contributed by atoms with Crippen molar-refractivity contribution in [3.05, 3.63) is 30.1 Å². The van der Waals surface area contributed by atoms with E-state index in [1.165, 1.54) is 0 Å². The lowest BCUT2D eigenvalue weighted by Gasteiger charge is -2.44. The third-order valence-electron chi connectivity index (χ3n) is 4.61. The molecule has 1 aromatic heterocycles. The lowest BCUT2D eigenvalue weighted by Crippen LogP contribution is -2.59. The Morgan fingerprint density at radius 1 is 1.23 bits per heavy atom. The van der Waals surface area contributed by atoms with Crippen molar-refractivity contribution < 1.29 is 8.42 Å². The Morgan fingerprint density at radius 2 is 1.91 bits per heavy atom. The molecule has 0 unspecified atom stereocenters. The second kappa shape index (κ2) is 6.26. The van der Waals surface area contributed by atoms with Crippen molar-refractivity contribution in [2.75, 3.05) is 31.1 Å². The average Bonchev–Trinajstić information content (AvgIpc) is 2.78. The second-order valence-electron chi connectivity index (χ2n) is 6.93. The molecular formula is C16H25N3O2S. The molecule has 1 aromatic rings. The number of hydrogen-bond donors (Lipinski definition) is 0. The van der Waals surface area contributed by atoms with Gasteiger partial charge in [-0.2, -0.15) is 0 Å². The minimum atomic E-state index is -2.92. The lowest BCUT2D eigenvalue weighted by molar-refractivity contribution is 0.0337. The van der Waals surface area contributed by atoms with Crippen LogP contribution in [0.1, 0.15) is 19.4 Å². The summed E-state index contributed by atoms with van der Waals surface area (Å²) in [5.41, 5.74) is 1.16. The minimum absolute atomic E-state index is 0.123. The molecular weight excluding hydrogens is 298 g/mol. The zero-order valence-electron chi connectivity index (χ0n) is 13.4. The Kier molecular flexibility index (Phi) is 4.52. The summed E-state index contributed by atoms with van der Waals surface area (Å²) in [7, 11) is -2.92. The lowest BCUT2D eigenvalue weighted by atomic mass is 10.0. The first-order chi connectivity index (χ1) is 10.4. The number of aromatic nitrogens is 1. The fraction of sp³-hybridized carbons (Fsp3) is 0.688. The summed E-state index contributed by atoms with van der Waals surface area (Å²) >= 11 is 0. The van der Waals surface area contributed by atoms with Crippen molar-refractivity contribution in [2.24, 2.45) is 5.92 Å². The molecule has 6 heteroatoms. The van der Waals surface area contributed by atoms with Crippen LogP contribution in [0.4, 0.5) is 0 Å². The maximum Gasteiger partial charge on any atom is 0.153 e. The van der Waals surface area contributed by atoms with E-state index >= 15 is 0 Å². The van der Waals surface area contributed by atoms with E-state index < -0.39 is 9.84 Å². The van der Waals surface area contributed by atoms with Gasteiger partial charge in [-0.05, 0) is 17.5 Å². The highest BCUT2D eigenvalue weighted by molar-refractivity contribution is 7.91. The molecule has 0 radical (unpaired) electrons. The van der Waals surface area contributed by atoms with Crippen LogP contribution >= 0.6 is 0 Å². The largest absolute Gasteiger partial charge is 0.296 e. The van der Waals surface area contributed by atoms with Gasteiger partial charge in [-0.25, -0.2) is 8.42 Å². The normalized spacial score (nSPS) is 28.9. The minimum Gasteiger partial charge on any atom is -0.296 e. The third kappa shape index (κ3) is 3.50. The van der Waals surface area contributed by atoms with E-state index in [2.05, 4.69) is 34.7 Å². The molecule has 22 heavy (non-hydrogen) atoms. The maximum atomic E-state index is 12.2. The molecule has 3 heterocycles. The summed E-state index contributed by atoms with van der Waals surface area (Å²) in [6.07, 6.45) is 3.64. The van der Waals surface area contributed by atoms with Gasteiger partial charge >= 0.3 is 0 Å². The number of piperazine rings is 1. The molecule has 0 aromatic carbocycles. The van der Waals surface area contributed by atoms with Crippen LogP contribution in [0.15, 0.2) is 24.5 Å². The van der Waals surface area contributed by atoms with Crippen molar-refractivity contribution in [1.29, 1.82) is 0 Å². The van der Waals surface area contributed by atoms with Crippen molar-refractivity contribution in [3.63, 3.8) is 0 Å². The van der Waals surface area contributed by atoms with E-state index in [0.29, 0.717) is 17.4 Å². The maximum absolute atomic E-state index is 12.2. The van der Waals surface area contributed by atoms with Crippen LogP contribution in [0.25, 0.3) is 0 Å². The Morgan fingerprint density at radius 3 is 2.55 bits per heavy atom. The van der Waals surface area contributed by atoms with Gasteiger partial charge in [0.25, 0.3) is 0 Å². The van der Waals surface area contributed by atoms with Gasteiger partial charge in [-0.3, -0.25) is 14.8 Å². The number of rotatable bonds is 4. The summed E-state index contributed by atoms with van der Waals surface area (Å²) in [5.74, 6) is 1.18. The smallest absolute Gasteiger partial charge is 0.153 e. The fourth-order valence-electron chi connectivity index (χ4n) is 3.71. The van der Waals surface area contributed by atoms with Gasteiger partial charge in [0.05, 0.1) is 11.5 Å². The summed E-state index contributed by atoms with van der Waals surface area (Å²) in [5, 5.41) is 0. The van der Waals surface area contributed by atoms with E-state index in [4.69, 9.17) is 0 Å². The summed E-state index contributed by atoms with van der Waals surface area (Å²) in [4.78, 5) is 8.89. The molecule has 5 nitrogen and oxygen atoms in total. The van der Waals surface area contributed by atoms with E-state index in [1.54, 1.807) is 6.20 Å². The number of hydrogen-bond acceptors (Lipinski definition) is 5. The molecule has 0 aliphatic carbocycles. The van der Waals surface area contributed by atoms with Crippen molar-refractivity contribution in [2.45, 2.75) is 32.5 Å². The standard InChI is InChI=1S/C16H25N3O2S/c1-13(2)9-18-6-7-19(10-14-4-3-5-17-8-14)16-12-22(20,21)11-15(16)18/h3-5,8,13,15-16H,6-7,9-12H2,1-2H3/t15-,16+/m0/s1. The van der Waals surface area contributed by atoms with Gasteiger partial charge in [0.2, 0.25) is 0 Å². The van der Waals surface area contributed by atoms with E-state index in [1.807, 2.05) is 12.3 Å². The molecule has 0 bridgehead atoms. The van der Waals surface area contributed by atoms with E-state index in [9.17, 15) is 8.42 Å². The number of nitrogens with zero attached hydrogens (tertiary/aromatic N) is 3. The summed E-state index contributed by atoms with van der Waals surface area (Å²) in [6.45, 7) is 8.05. The Labute approximate surface area is 133 Å². The summed E-state index contributed by atoms with van der Waals surface area (Å²) in [6, 6.07) is 4.27. The third-order valence-corrected chi connectivity index (χ3v) is 6.31. The molecule has 2 fully saturated rings. The Balaban J connectivity index is 1.77. The highest BCUT2D eigenvalue weighted by atomic mass is 32.2. The van der Waals surface area contributed by atoms with Gasteiger partial charge in [-0.15, -0.1) is 0 Å². The highest BCUT2D eigenvalue weighted by Gasteiger charge is 2.46. The summed E-state index contributed by atoms with van der Waals surface area (Å²) < 4.78 is 24.3. The Hall–Kier alpha value is -0.980. The van der Waals surface area contributed by atoms with Crippen molar-refractivity contribution >= 4 is 9.84 Å². The van der Waals surface area contributed by atoms with Crippen LogP contribution in [-0.4, -0.2) is 66.4 Å². The topological polar surface area (TPSA) is 53.5 Å². The zero-order valence-corrected chi connectivity index (χ0v) is 14.2. The molecule has 0 saturated carbocycles. The van der Waals surface area contributed by atoms with Crippen molar-refractivity contribution in [1.82, 2.24) is 14.8 Å². The zero-order chi connectivity index (χ0) is 15.7. The van der Waals surface area contributed by atoms with Gasteiger partial charge in [0.15, 0.2) is 9.84 Å². The van der Waals surface area contributed by atoms with Gasteiger partial charge in [0.1, 0.15) is 0 Å². The van der Waals surface area contributed by atoms with E-state index in [-0.39, 0.29) is 12.1 Å². The van der Waals surface area contributed by atoms with Crippen LogP contribution in [0.2, 0.25) is 0 Å². The van der Waals surface area contributed by atoms with Gasteiger partial charge in [0, 0.05) is 50.7 Å². The molecule has 2 aliphatic heterocycles. The predicted octanol–water partition coefficient (Wildman–Crippen LogP) is 1.02. The monoisotopic (exact) mass is 323 g/mol. The van der Waals surface area contributed by atoms with Crippen LogP contribution in [0, 0.1) is 5.92 Å². The predicted molar refractivity (Wildman–Crippen MR) is 87.3 cm³/mol. The molecule has 3 rings (SSSR count). The Bertz CT molecular complexity index is 603. The quantitative estimate of drug-likeness (QED) is 0.828. The molecule has 0 spiro atoms. The van der Waals surface area contributed by atoms with Crippen LogP contribution in [-0.2, 0) is 16.4 Å². The number of pyridine rings is 1. The molecule has 0 N–H and O–H groups in total. The van der Waals surface area contributed by atoms with E-state index in [0.717, 1.165) is 31.7 Å². The molecule has 2 aliphatic rings. The second-order valence-corrected chi connectivity index (χ2v) is 9.09. The molecule has 2 saturated heterocycles. The fourth-order valence-corrected chi connectivity index (χ4v) is 5.76. The molecule has 0 amide bonds. The highest BCUT2D eigenvalue weighted by Crippen LogP contribution is 2.28. The van der Waals surface area contributed by atoms with Crippen LogP contribution < -0.4 is 0 Å². The SMILES string of the molecule is CC(C)CN1CCN(Cc2cccnc2)[C@@H]2CS(=O)(=O)C[C@@H]21. The van der Waals surface area contributed by atoms with Crippen LogP contribution in [0.5, 0.6) is 0 Å². The first kappa shape index (κ1) is 15.9. The van der Waals surface area contributed by atoms with Gasteiger partial charge < -0.3 is 0 Å². The first-order valence-corrected chi connectivity index (χ1v) is 9.84. The average molecular weight is 323 g/mol. The first-order valence-electron chi connectivity index (χ1n) is 8.02. The number of fused-ring (bicyclic) bond motifs is 1. The molecule has 2 atom stereocenters. The van der Waals surface area contributed by atoms with Crippen LogP contribution in [0.3, 0.4) is 0 Å².